The van der Waals surface area contributed by atoms with E-state index in [1.165, 1.54) is 30.2 Å². The van der Waals surface area contributed by atoms with E-state index in [-0.39, 0.29) is 0 Å². The molecule has 1 saturated heterocycles. The molecule has 1 aromatic carbocycles. The standard InChI is InChI=1S/C20H24N4O2S/c1-23-14-21-22-20(23)27-19-10-9-17(26-19)13-24-11-4-3-8-18(24)15-6-5-7-16(12-15)25-2/h5-7,9-10,12,14,18H,3-4,8,11,13H2,1-2H3. The molecule has 1 aliphatic rings. The molecule has 7 heteroatoms. The van der Waals surface area contributed by atoms with Crippen molar-refractivity contribution < 1.29 is 9.15 Å². The summed E-state index contributed by atoms with van der Waals surface area (Å²) in [5.74, 6) is 1.90. The summed E-state index contributed by atoms with van der Waals surface area (Å²) in [6, 6.07) is 12.9. The largest absolute Gasteiger partial charge is 0.497 e. The van der Waals surface area contributed by atoms with Gasteiger partial charge in [0.15, 0.2) is 10.2 Å². The number of benzene rings is 1. The van der Waals surface area contributed by atoms with Gasteiger partial charge in [0, 0.05) is 13.1 Å². The van der Waals surface area contributed by atoms with Gasteiger partial charge in [0.05, 0.1) is 13.7 Å². The number of rotatable bonds is 6. The summed E-state index contributed by atoms with van der Waals surface area (Å²) in [7, 11) is 3.65. The van der Waals surface area contributed by atoms with Crippen LogP contribution in [0.3, 0.4) is 0 Å². The van der Waals surface area contributed by atoms with Crippen molar-refractivity contribution in [2.75, 3.05) is 13.7 Å². The molecular weight excluding hydrogens is 360 g/mol. The Bertz CT molecular complexity index is 892. The number of nitrogens with zero attached hydrogens (tertiary/aromatic N) is 4. The number of ether oxygens (including phenoxy) is 1. The summed E-state index contributed by atoms with van der Waals surface area (Å²) in [6.45, 7) is 1.88. The molecule has 0 spiro atoms. The van der Waals surface area contributed by atoms with Crippen LogP contribution in [-0.2, 0) is 13.6 Å². The Morgan fingerprint density at radius 1 is 1.26 bits per heavy atom. The van der Waals surface area contributed by atoms with Gasteiger partial charge in [0.25, 0.3) is 0 Å². The first-order chi connectivity index (χ1) is 13.2. The van der Waals surface area contributed by atoms with Crippen LogP contribution in [0, 0.1) is 0 Å². The second kappa shape index (κ2) is 8.19. The lowest BCUT2D eigenvalue weighted by molar-refractivity contribution is 0.128. The smallest absolute Gasteiger partial charge is 0.198 e. The van der Waals surface area contributed by atoms with Crippen molar-refractivity contribution in [2.45, 2.75) is 42.1 Å². The van der Waals surface area contributed by atoms with E-state index in [0.717, 1.165) is 41.3 Å². The van der Waals surface area contributed by atoms with Crippen LogP contribution in [0.1, 0.15) is 36.6 Å². The second-order valence-corrected chi connectivity index (χ2v) is 7.78. The first-order valence-electron chi connectivity index (χ1n) is 9.21. The summed E-state index contributed by atoms with van der Waals surface area (Å²) >= 11 is 1.49. The Balaban J connectivity index is 1.47. The van der Waals surface area contributed by atoms with Crippen molar-refractivity contribution in [3.05, 3.63) is 54.0 Å². The minimum atomic E-state index is 0.397. The number of piperidine rings is 1. The molecule has 0 saturated carbocycles. The van der Waals surface area contributed by atoms with Gasteiger partial charge >= 0.3 is 0 Å². The Labute approximate surface area is 163 Å². The normalized spacial score (nSPS) is 17.9. The molecule has 1 aliphatic heterocycles. The fourth-order valence-corrected chi connectivity index (χ4v) is 4.30. The van der Waals surface area contributed by atoms with E-state index in [2.05, 4.69) is 39.4 Å². The summed E-state index contributed by atoms with van der Waals surface area (Å²) in [5, 5.41) is 9.67. The van der Waals surface area contributed by atoms with Crippen LogP contribution in [0.15, 0.2) is 57.4 Å². The highest BCUT2D eigenvalue weighted by molar-refractivity contribution is 7.99. The zero-order chi connectivity index (χ0) is 18.6. The average molecular weight is 385 g/mol. The molecule has 142 valence electrons. The van der Waals surface area contributed by atoms with Crippen molar-refractivity contribution in [3.8, 4) is 5.75 Å². The van der Waals surface area contributed by atoms with Crippen molar-refractivity contribution in [3.63, 3.8) is 0 Å². The maximum absolute atomic E-state index is 6.06. The second-order valence-electron chi connectivity index (χ2n) is 6.81. The summed E-state index contributed by atoms with van der Waals surface area (Å²) < 4.78 is 13.4. The van der Waals surface area contributed by atoms with Gasteiger partial charge in [-0.1, -0.05) is 18.6 Å². The molecule has 0 radical (unpaired) electrons. The molecule has 3 heterocycles. The first-order valence-corrected chi connectivity index (χ1v) is 10.0. The predicted molar refractivity (Wildman–Crippen MR) is 104 cm³/mol. The lowest BCUT2D eigenvalue weighted by Gasteiger charge is -2.35. The molecule has 1 fully saturated rings. The van der Waals surface area contributed by atoms with E-state index in [4.69, 9.17) is 9.15 Å². The van der Waals surface area contributed by atoms with Crippen LogP contribution in [-0.4, -0.2) is 33.3 Å². The highest BCUT2D eigenvalue weighted by Crippen LogP contribution is 2.34. The van der Waals surface area contributed by atoms with E-state index < -0.39 is 0 Å². The van der Waals surface area contributed by atoms with Gasteiger partial charge in [-0.05, 0) is 61.0 Å². The van der Waals surface area contributed by atoms with E-state index in [1.807, 2.05) is 23.7 Å². The van der Waals surface area contributed by atoms with Crippen molar-refractivity contribution in [2.24, 2.45) is 7.05 Å². The predicted octanol–water partition coefficient (Wildman–Crippen LogP) is 4.30. The third-order valence-electron chi connectivity index (χ3n) is 4.95. The minimum absolute atomic E-state index is 0.397. The Morgan fingerprint density at radius 2 is 2.19 bits per heavy atom. The van der Waals surface area contributed by atoms with Crippen LogP contribution in [0.25, 0.3) is 0 Å². The Kier molecular flexibility index (Phi) is 5.50. The number of aryl methyl sites for hydroxylation is 1. The number of aromatic nitrogens is 3. The van der Waals surface area contributed by atoms with Gasteiger partial charge in [-0.25, -0.2) is 0 Å². The lowest BCUT2D eigenvalue weighted by Crippen LogP contribution is -2.32. The monoisotopic (exact) mass is 384 g/mol. The molecular formula is C20H24N4O2S. The molecule has 0 bridgehead atoms. The maximum Gasteiger partial charge on any atom is 0.198 e. The van der Waals surface area contributed by atoms with Crippen LogP contribution >= 0.6 is 11.8 Å². The van der Waals surface area contributed by atoms with Crippen LogP contribution in [0.4, 0.5) is 0 Å². The Hall–Kier alpha value is -2.25. The fourth-order valence-electron chi connectivity index (χ4n) is 3.56. The maximum atomic E-state index is 6.06. The molecule has 1 unspecified atom stereocenters. The lowest BCUT2D eigenvalue weighted by atomic mass is 9.95. The van der Waals surface area contributed by atoms with E-state index in [9.17, 15) is 0 Å². The molecule has 27 heavy (non-hydrogen) atoms. The van der Waals surface area contributed by atoms with Crippen molar-refractivity contribution in [1.29, 1.82) is 0 Å². The van der Waals surface area contributed by atoms with E-state index in [0.29, 0.717) is 6.04 Å². The molecule has 2 aromatic heterocycles. The summed E-state index contributed by atoms with van der Waals surface area (Å²) in [4.78, 5) is 2.51. The fraction of sp³-hybridized carbons (Fsp3) is 0.400. The molecule has 3 aromatic rings. The average Bonchev–Trinajstić information content (AvgIpc) is 3.31. The number of hydrogen-bond donors (Lipinski definition) is 0. The first kappa shape index (κ1) is 18.1. The number of likely N-dealkylation sites (tertiary alicyclic amines) is 1. The van der Waals surface area contributed by atoms with Gasteiger partial charge in [0.1, 0.15) is 17.8 Å². The molecule has 0 amide bonds. The molecule has 4 rings (SSSR count). The number of hydrogen-bond acceptors (Lipinski definition) is 6. The van der Waals surface area contributed by atoms with Crippen molar-refractivity contribution in [1.82, 2.24) is 19.7 Å². The zero-order valence-electron chi connectivity index (χ0n) is 15.7. The highest BCUT2D eigenvalue weighted by Gasteiger charge is 2.25. The molecule has 0 N–H and O–H groups in total. The zero-order valence-corrected chi connectivity index (χ0v) is 16.5. The molecule has 6 nitrogen and oxygen atoms in total. The van der Waals surface area contributed by atoms with Crippen molar-refractivity contribution >= 4 is 11.8 Å². The summed E-state index contributed by atoms with van der Waals surface area (Å²) in [5.41, 5.74) is 1.31. The van der Waals surface area contributed by atoms with Gasteiger partial charge in [0.2, 0.25) is 0 Å². The van der Waals surface area contributed by atoms with Crippen LogP contribution in [0.2, 0.25) is 0 Å². The van der Waals surface area contributed by atoms with Gasteiger partial charge < -0.3 is 13.7 Å². The Morgan fingerprint density at radius 3 is 3.00 bits per heavy atom. The highest BCUT2D eigenvalue weighted by atomic mass is 32.2. The van der Waals surface area contributed by atoms with Gasteiger partial charge in [-0.3, -0.25) is 4.90 Å². The van der Waals surface area contributed by atoms with E-state index in [1.54, 1.807) is 13.4 Å². The quantitative estimate of drug-likeness (QED) is 0.632. The SMILES string of the molecule is COc1cccc(C2CCCCN2Cc2ccc(Sc3nncn3C)o2)c1. The van der Waals surface area contributed by atoms with Gasteiger partial charge in [-0.2, -0.15) is 0 Å². The molecule has 1 atom stereocenters. The molecule has 0 aliphatic carbocycles. The summed E-state index contributed by atoms with van der Waals surface area (Å²) in [6.07, 6.45) is 5.33. The van der Waals surface area contributed by atoms with E-state index >= 15 is 0 Å². The van der Waals surface area contributed by atoms with Crippen LogP contribution < -0.4 is 4.74 Å². The number of methoxy groups -OCH3 is 1. The number of furan rings is 1. The third-order valence-corrected chi connectivity index (χ3v) is 5.92. The van der Waals surface area contributed by atoms with Crippen LogP contribution in [0.5, 0.6) is 5.75 Å². The third kappa shape index (κ3) is 4.20. The van der Waals surface area contributed by atoms with Gasteiger partial charge in [-0.15, -0.1) is 10.2 Å². The minimum Gasteiger partial charge on any atom is -0.497 e. The topological polar surface area (TPSA) is 56.3 Å².